The number of imidazole rings is 1. The molecule has 1 fully saturated rings. The second-order valence-corrected chi connectivity index (χ2v) is 8.00. The highest BCUT2D eigenvalue weighted by molar-refractivity contribution is 5.75. The molecule has 0 saturated carbocycles. The zero-order valence-electron chi connectivity index (χ0n) is 16.7. The summed E-state index contributed by atoms with van der Waals surface area (Å²) in [5.74, 6) is 4.00. The maximum atomic E-state index is 5.72. The van der Waals surface area contributed by atoms with Crippen molar-refractivity contribution in [3.8, 4) is 0 Å². The van der Waals surface area contributed by atoms with Crippen LogP contribution in [0.4, 0.5) is 0 Å². The molecule has 0 unspecified atom stereocenters. The molecule has 4 rings (SSSR count). The van der Waals surface area contributed by atoms with E-state index in [-0.39, 0.29) is 0 Å². The summed E-state index contributed by atoms with van der Waals surface area (Å²) in [4.78, 5) is 9.75. The van der Waals surface area contributed by atoms with Crippen molar-refractivity contribution in [2.45, 2.75) is 32.9 Å². The van der Waals surface area contributed by atoms with Crippen molar-refractivity contribution in [1.82, 2.24) is 19.4 Å². The predicted molar refractivity (Wildman–Crippen MR) is 108 cm³/mol. The van der Waals surface area contributed by atoms with Gasteiger partial charge in [0.25, 0.3) is 0 Å². The molecule has 1 saturated heterocycles. The third-order valence-electron chi connectivity index (χ3n) is 5.74. The van der Waals surface area contributed by atoms with E-state index in [1.165, 1.54) is 18.4 Å². The van der Waals surface area contributed by atoms with Crippen LogP contribution in [0.15, 0.2) is 40.8 Å². The van der Waals surface area contributed by atoms with Crippen LogP contribution in [-0.2, 0) is 20.1 Å². The number of rotatable bonds is 6. The fourth-order valence-electron chi connectivity index (χ4n) is 4.20. The molecule has 1 aromatic carbocycles. The zero-order valence-corrected chi connectivity index (χ0v) is 16.7. The number of likely N-dealkylation sites (tertiary alicyclic amines) is 1. The Morgan fingerprint density at radius 3 is 2.63 bits per heavy atom. The number of hydrogen-bond acceptors (Lipinski definition) is 4. The van der Waals surface area contributed by atoms with E-state index in [9.17, 15) is 0 Å². The van der Waals surface area contributed by atoms with Gasteiger partial charge in [0.05, 0.1) is 24.1 Å². The molecule has 1 aliphatic heterocycles. The number of hydrogen-bond donors (Lipinski definition) is 0. The monoisotopic (exact) mass is 366 g/mol. The fourth-order valence-corrected chi connectivity index (χ4v) is 4.20. The number of fused-ring (bicyclic) bond motifs is 1. The molecule has 0 radical (unpaired) electrons. The highest BCUT2D eigenvalue weighted by Crippen LogP contribution is 2.22. The van der Waals surface area contributed by atoms with E-state index in [1.54, 1.807) is 0 Å². The van der Waals surface area contributed by atoms with Crippen LogP contribution in [-0.4, -0.2) is 46.0 Å². The maximum Gasteiger partial charge on any atom is 0.123 e. The first-order valence-corrected chi connectivity index (χ1v) is 9.95. The maximum absolute atomic E-state index is 5.72. The average Bonchev–Trinajstić information content (AvgIpc) is 3.20. The molecule has 27 heavy (non-hydrogen) atoms. The van der Waals surface area contributed by atoms with Crippen LogP contribution in [0, 0.1) is 12.8 Å². The van der Waals surface area contributed by atoms with Crippen molar-refractivity contribution >= 4 is 11.0 Å². The molecule has 3 aromatic rings. The molecule has 1 aliphatic rings. The molecule has 0 bridgehead atoms. The summed E-state index contributed by atoms with van der Waals surface area (Å²) in [6.45, 7) is 7.30. The second kappa shape index (κ2) is 7.87. The second-order valence-electron chi connectivity index (χ2n) is 8.00. The summed E-state index contributed by atoms with van der Waals surface area (Å²) in [5.41, 5.74) is 2.30. The Bertz CT molecular complexity index is 889. The summed E-state index contributed by atoms with van der Waals surface area (Å²) in [6.07, 6.45) is 2.51. The van der Waals surface area contributed by atoms with Crippen LogP contribution >= 0.6 is 0 Å². The van der Waals surface area contributed by atoms with Gasteiger partial charge in [0.1, 0.15) is 17.3 Å². The van der Waals surface area contributed by atoms with Crippen LogP contribution < -0.4 is 0 Å². The smallest absolute Gasteiger partial charge is 0.123 e. The number of aromatic nitrogens is 2. The Morgan fingerprint density at radius 2 is 1.93 bits per heavy atom. The molecule has 5 nitrogen and oxygen atoms in total. The number of piperidine rings is 1. The van der Waals surface area contributed by atoms with Crippen molar-refractivity contribution < 1.29 is 4.42 Å². The van der Waals surface area contributed by atoms with Crippen molar-refractivity contribution in [3.05, 3.63) is 53.7 Å². The summed E-state index contributed by atoms with van der Waals surface area (Å²) < 4.78 is 7.94. The molecule has 0 amide bonds. The Kier molecular flexibility index (Phi) is 5.32. The van der Waals surface area contributed by atoms with Crippen LogP contribution in [0.1, 0.15) is 30.2 Å². The van der Waals surface area contributed by atoms with E-state index in [0.29, 0.717) is 0 Å². The number of nitrogens with zero attached hydrogens (tertiary/aromatic N) is 4. The minimum atomic E-state index is 0.763. The lowest BCUT2D eigenvalue weighted by Gasteiger charge is -2.33. The number of aryl methyl sites for hydroxylation is 2. The summed E-state index contributed by atoms with van der Waals surface area (Å²) >= 11 is 0. The molecule has 0 atom stereocenters. The van der Waals surface area contributed by atoms with Crippen LogP contribution in [0.3, 0.4) is 0 Å². The number of benzene rings is 1. The van der Waals surface area contributed by atoms with Gasteiger partial charge in [-0.3, -0.25) is 9.80 Å². The molecule has 3 heterocycles. The van der Waals surface area contributed by atoms with E-state index >= 15 is 0 Å². The quantitative estimate of drug-likeness (QED) is 0.665. The van der Waals surface area contributed by atoms with Gasteiger partial charge in [0.15, 0.2) is 0 Å². The van der Waals surface area contributed by atoms with Gasteiger partial charge in [-0.1, -0.05) is 12.1 Å². The van der Waals surface area contributed by atoms with E-state index < -0.39 is 0 Å². The van der Waals surface area contributed by atoms with Crippen LogP contribution in [0.2, 0.25) is 0 Å². The highest BCUT2D eigenvalue weighted by Gasteiger charge is 2.21. The fraction of sp³-hybridized carbons (Fsp3) is 0.500. The van der Waals surface area contributed by atoms with Crippen LogP contribution in [0.5, 0.6) is 0 Å². The first kappa shape index (κ1) is 18.3. The van der Waals surface area contributed by atoms with Crippen molar-refractivity contribution in [1.29, 1.82) is 0 Å². The molecule has 144 valence electrons. The van der Waals surface area contributed by atoms with Gasteiger partial charge >= 0.3 is 0 Å². The normalized spacial score (nSPS) is 16.6. The van der Waals surface area contributed by atoms with Gasteiger partial charge in [-0.05, 0) is 70.1 Å². The Hall–Kier alpha value is -2.11. The average molecular weight is 367 g/mol. The SMILES string of the molecule is Cc1ccc(CN2CCC(CN(C)Cc3nc4ccccc4n3C)CC2)o1. The minimum Gasteiger partial charge on any atom is -0.465 e. The van der Waals surface area contributed by atoms with Gasteiger partial charge in [-0.25, -0.2) is 4.98 Å². The van der Waals surface area contributed by atoms with Gasteiger partial charge in [0.2, 0.25) is 0 Å². The highest BCUT2D eigenvalue weighted by atomic mass is 16.3. The molecule has 0 aliphatic carbocycles. The van der Waals surface area contributed by atoms with Crippen LogP contribution in [0.25, 0.3) is 11.0 Å². The lowest BCUT2D eigenvalue weighted by atomic mass is 9.96. The van der Waals surface area contributed by atoms with E-state index in [2.05, 4.69) is 64.9 Å². The zero-order chi connectivity index (χ0) is 18.8. The molecular formula is C22H30N4O. The van der Waals surface area contributed by atoms with E-state index in [4.69, 9.17) is 9.40 Å². The predicted octanol–water partition coefficient (Wildman–Crippen LogP) is 3.82. The number of para-hydroxylation sites is 2. The summed E-state index contributed by atoms with van der Waals surface area (Å²) in [5, 5.41) is 0. The van der Waals surface area contributed by atoms with Gasteiger partial charge in [-0.15, -0.1) is 0 Å². The topological polar surface area (TPSA) is 37.4 Å². The molecular weight excluding hydrogens is 336 g/mol. The minimum absolute atomic E-state index is 0.763. The van der Waals surface area contributed by atoms with Gasteiger partial charge in [-0.2, -0.15) is 0 Å². The third-order valence-corrected chi connectivity index (χ3v) is 5.74. The molecule has 5 heteroatoms. The van der Waals surface area contributed by atoms with Crippen molar-refractivity contribution in [2.24, 2.45) is 13.0 Å². The first-order chi connectivity index (χ1) is 13.1. The molecule has 2 aromatic heterocycles. The number of furan rings is 1. The molecule has 0 N–H and O–H groups in total. The van der Waals surface area contributed by atoms with Gasteiger partial charge < -0.3 is 8.98 Å². The lowest BCUT2D eigenvalue weighted by Crippen LogP contribution is -2.37. The van der Waals surface area contributed by atoms with Crippen molar-refractivity contribution in [2.75, 3.05) is 26.7 Å². The third kappa shape index (κ3) is 4.25. The molecule has 0 spiro atoms. The lowest BCUT2D eigenvalue weighted by molar-refractivity contribution is 0.139. The van der Waals surface area contributed by atoms with Crippen molar-refractivity contribution in [3.63, 3.8) is 0 Å². The largest absolute Gasteiger partial charge is 0.465 e. The summed E-state index contributed by atoms with van der Waals surface area (Å²) in [7, 11) is 4.34. The van der Waals surface area contributed by atoms with Gasteiger partial charge in [0, 0.05) is 13.6 Å². The van der Waals surface area contributed by atoms with E-state index in [0.717, 1.165) is 61.5 Å². The Balaban J connectivity index is 1.27. The standard InChI is InChI=1S/C22H30N4O/c1-17-8-9-19(27-17)15-26-12-10-18(11-13-26)14-24(2)16-22-23-20-6-4-5-7-21(20)25(22)3/h4-9,18H,10-16H2,1-3H3. The van der Waals surface area contributed by atoms with E-state index in [1.807, 2.05) is 6.92 Å². The Morgan fingerprint density at radius 1 is 1.15 bits per heavy atom. The first-order valence-electron chi connectivity index (χ1n) is 9.95. The summed E-state index contributed by atoms with van der Waals surface area (Å²) in [6, 6.07) is 12.5. The Labute approximate surface area is 161 Å².